The first kappa shape index (κ1) is 21.3. The maximum atomic E-state index is 14.0. The monoisotopic (exact) mass is 414 g/mol. The summed E-state index contributed by atoms with van der Waals surface area (Å²) in [7, 11) is 3.07. The molecule has 158 valence electrons. The summed E-state index contributed by atoms with van der Waals surface area (Å²) < 4.78 is 39.4. The Morgan fingerprint density at radius 3 is 2.47 bits per heavy atom. The van der Waals surface area contributed by atoms with E-state index < -0.39 is 5.92 Å². The van der Waals surface area contributed by atoms with Crippen molar-refractivity contribution in [3.05, 3.63) is 72.4 Å². The average molecular weight is 414 g/mol. The van der Waals surface area contributed by atoms with Crippen molar-refractivity contribution in [3.63, 3.8) is 0 Å². The van der Waals surface area contributed by atoms with Crippen LogP contribution in [-0.2, 0) is 17.1 Å². The van der Waals surface area contributed by atoms with Gasteiger partial charge in [-0.2, -0.15) is 13.9 Å². The maximum Gasteiger partial charge on any atom is 0.288 e. The molecule has 0 aliphatic heterocycles. The molecule has 1 N–H and O–H groups in total. The Hall–Kier alpha value is -3.42. The number of ether oxygens (including phenoxy) is 2. The zero-order chi connectivity index (χ0) is 21.7. The van der Waals surface area contributed by atoms with E-state index in [1.54, 1.807) is 19.2 Å². The third-order valence-corrected chi connectivity index (χ3v) is 4.57. The van der Waals surface area contributed by atoms with Gasteiger partial charge in [0.1, 0.15) is 5.69 Å². The summed E-state index contributed by atoms with van der Waals surface area (Å²) in [6.45, 7) is 5.22. The van der Waals surface area contributed by atoms with Crippen molar-refractivity contribution in [2.45, 2.75) is 19.3 Å². The number of alkyl halides is 2. The van der Waals surface area contributed by atoms with Crippen LogP contribution in [0.5, 0.6) is 5.88 Å². The summed E-state index contributed by atoms with van der Waals surface area (Å²) in [4.78, 5) is 4.15. The molecule has 30 heavy (non-hydrogen) atoms. The number of nitrogens with zero attached hydrogens (tertiary/aromatic N) is 3. The van der Waals surface area contributed by atoms with Crippen molar-refractivity contribution in [2.75, 3.05) is 20.8 Å². The number of hydrogen-bond acceptors (Lipinski definition) is 5. The predicted octanol–water partition coefficient (Wildman–Crippen LogP) is 4.30. The van der Waals surface area contributed by atoms with Gasteiger partial charge in [0.05, 0.1) is 31.8 Å². The van der Waals surface area contributed by atoms with Crippen molar-refractivity contribution in [2.24, 2.45) is 0 Å². The molecule has 1 aromatic carbocycles. The van der Waals surface area contributed by atoms with E-state index in [1.165, 1.54) is 24.1 Å². The predicted molar refractivity (Wildman–Crippen MR) is 111 cm³/mol. The summed E-state index contributed by atoms with van der Waals surface area (Å²) >= 11 is 0. The van der Waals surface area contributed by atoms with E-state index in [0.29, 0.717) is 29.7 Å². The smallest absolute Gasteiger partial charge is 0.288 e. The molecule has 6 nitrogen and oxygen atoms in total. The normalized spacial score (nSPS) is 11.2. The number of methoxy groups -OCH3 is 2. The Bertz CT molecular complexity index is 993. The second kappa shape index (κ2) is 8.94. The first-order valence-corrected chi connectivity index (χ1v) is 9.36. The maximum absolute atomic E-state index is 14.0. The van der Waals surface area contributed by atoms with E-state index in [-0.39, 0.29) is 5.69 Å². The van der Waals surface area contributed by atoms with Gasteiger partial charge < -0.3 is 14.8 Å². The molecule has 8 heteroatoms. The summed E-state index contributed by atoms with van der Waals surface area (Å²) in [5.74, 6) is -2.12. The van der Waals surface area contributed by atoms with Gasteiger partial charge >= 0.3 is 0 Å². The minimum Gasteiger partial charge on any atom is -0.483 e. The van der Waals surface area contributed by atoms with Crippen LogP contribution in [0, 0.1) is 0 Å². The van der Waals surface area contributed by atoms with Crippen LogP contribution in [0.4, 0.5) is 8.78 Å². The molecule has 3 rings (SSSR count). The zero-order valence-corrected chi connectivity index (χ0v) is 17.2. The average Bonchev–Trinajstić information content (AvgIpc) is 3.20. The number of pyridine rings is 1. The molecule has 0 aliphatic rings. The Balaban J connectivity index is 1.90. The topological polar surface area (TPSA) is 61.2 Å². The van der Waals surface area contributed by atoms with Gasteiger partial charge in [-0.25, -0.2) is 9.67 Å². The van der Waals surface area contributed by atoms with Crippen LogP contribution in [0.25, 0.3) is 16.9 Å². The second-order valence-corrected chi connectivity index (χ2v) is 6.77. The van der Waals surface area contributed by atoms with Gasteiger partial charge in [0, 0.05) is 25.1 Å². The van der Waals surface area contributed by atoms with Crippen LogP contribution < -0.4 is 10.1 Å². The van der Waals surface area contributed by atoms with Crippen molar-refractivity contribution >= 4 is 0 Å². The highest BCUT2D eigenvalue weighted by atomic mass is 19.3. The zero-order valence-electron chi connectivity index (χ0n) is 17.2. The molecule has 0 amide bonds. The standard InChI is InChI=1S/C22H24F2N4O2/c1-15(29-3)25-12-11-16-5-7-17(8-6-16)19-13-20(22(2,23)24)27-28(19)18-9-10-21(30-4)26-14-18/h5-10,13-14,25H,1,11-12H2,2-4H3. The van der Waals surface area contributed by atoms with Crippen molar-refractivity contribution < 1.29 is 18.3 Å². The molecule has 0 aliphatic carbocycles. The molecule has 0 saturated heterocycles. The third kappa shape index (κ3) is 4.94. The van der Waals surface area contributed by atoms with Crippen molar-refractivity contribution in [3.8, 4) is 22.8 Å². The molecule has 0 saturated carbocycles. The molecule has 0 spiro atoms. The number of nitrogens with one attached hydrogen (secondary N) is 1. The molecule has 0 unspecified atom stereocenters. The fourth-order valence-electron chi connectivity index (χ4n) is 2.88. The quantitative estimate of drug-likeness (QED) is 0.529. The Morgan fingerprint density at radius 1 is 1.17 bits per heavy atom. The number of benzene rings is 1. The highest BCUT2D eigenvalue weighted by Gasteiger charge is 2.29. The Labute approximate surface area is 174 Å². The molecular weight excluding hydrogens is 390 g/mol. The second-order valence-electron chi connectivity index (χ2n) is 6.77. The largest absolute Gasteiger partial charge is 0.483 e. The first-order chi connectivity index (χ1) is 14.3. The van der Waals surface area contributed by atoms with Gasteiger partial charge in [-0.15, -0.1) is 0 Å². The van der Waals surface area contributed by atoms with Gasteiger partial charge in [-0.3, -0.25) is 0 Å². The summed E-state index contributed by atoms with van der Waals surface area (Å²) in [5, 5.41) is 7.19. The van der Waals surface area contributed by atoms with Gasteiger partial charge in [0.15, 0.2) is 5.88 Å². The lowest BCUT2D eigenvalue weighted by Crippen LogP contribution is -2.16. The molecule has 0 atom stereocenters. The number of rotatable bonds is 9. The third-order valence-electron chi connectivity index (χ3n) is 4.57. The minimum atomic E-state index is -3.06. The highest BCUT2D eigenvalue weighted by molar-refractivity contribution is 5.63. The SMILES string of the molecule is C=C(NCCc1ccc(-c2cc(C(C)(F)F)nn2-c2ccc(OC)nc2)cc1)OC. The summed E-state index contributed by atoms with van der Waals surface area (Å²) in [5.41, 5.74) is 2.67. The van der Waals surface area contributed by atoms with Crippen LogP contribution in [-0.4, -0.2) is 35.5 Å². The van der Waals surface area contributed by atoms with E-state index in [4.69, 9.17) is 9.47 Å². The molecule has 2 heterocycles. The van der Waals surface area contributed by atoms with Crippen LogP contribution >= 0.6 is 0 Å². The van der Waals surface area contributed by atoms with Crippen LogP contribution in [0.2, 0.25) is 0 Å². The van der Waals surface area contributed by atoms with Gasteiger partial charge in [0.25, 0.3) is 5.92 Å². The molecule has 0 bridgehead atoms. The van der Waals surface area contributed by atoms with Crippen LogP contribution in [0.1, 0.15) is 18.2 Å². The van der Waals surface area contributed by atoms with Crippen molar-refractivity contribution in [1.82, 2.24) is 20.1 Å². The lowest BCUT2D eigenvalue weighted by atomic mass is 10.1. The van der Waals surface area contributed by atoms with Crippen LogP contribution in [0.15, 0.2) is 61.1 Å². The van der Waals surface area contributed by atoms with Gasteiger partial charge in [-0.1, -0.05) is 24.3 Å². The van der Waals surface area contributed by atoms with E-state index >= 15 is 0 Å². The minimum absolute atomic E-state index is 0.306. The lowest BCUT2D eigenvalue weighted by molar-refractivity contribution is 0.0124. The van der Waals surface area contributed by atoms with E-state index in [2.05, 4.69) is 22.0 Å². The summed E-state index contributed by atoms with van der Waals surface area (Å²) in [6, 6.07) is 12.5. The van der Waals surface area contributed by atoms with Gasteiger partial charge in [0.2, 0.25) is 5.88 Å². The molecule has 0 fully saturated rings. The first-order valence-electron chi connectivity index (χ1n) is 9.36. The molecule has 0 radical (unpaired) electrons. The number of hydrogen-bond donors (Lipinski definition) is 1. The Morgan fingerprint density at radius 2 is 1.90 bits per heavy atom. The molecular formula is C22H24F2N4O2. The number of halogens is 2. The van der Waals surface area contributed by atoms with E-state index in [1.807, 2.05) is 24.3 Å². The summed E-state index contributed by atoms with van der Waals surface area (Å²) in [6.07, 6.45) is 2.30. The van der Waals surface area contributed by atoms with Crippen LogP contribution in [0.3, 0.4) is 0 Å². The van der Waals surface area contributed by atoms with Crippen molar-refractivity contribution in [1.29, 1.82) is 0 Å². The molecule has 3 aromatic rings. The van der Waals surface area contributed by atoms with E-state index in [9.17, 15) is 8.78 Å². The Kier molecular flexibility index (Phi) is 6.34. The molecule has 2 aromatic heterocycles. The highest BCUT2D eigenvalue weighted by Crippen LogP contribution is 2.32. The lowest BCUT2D eigenvalue weighted by Gasteiger charge is -2.10. The van der Waals surface area contributed by atoms with Gasteiger partial charge in [-0.05, 0) is 30.7 Å². The van der Waals surface area contributed by atoms with E-state index in [0.717, 1.165) is 24.5 Å². The fraction of sp³-hybridized carbons (Fsp3) is 0.273. The number of aromatic nitrogens is 3. The fourth-order valence-corrected chi connectivity index (χ4v) is 2.88.